The van der Waals surface area contributed by atoms with E-state index in [2.05, 4.69) is 10.6 Å². The molecular formula is C20H28N2O3. The Morgan fingerprint density at radius 2 is 1.88 bits per heavy atom. The first-order chi connectivity index (χ1) is 12.1. The van der Waals surface area contributed by atoms with Crippen LogP contribution in [0, 0.1) is 5.92 Å². The molecule has 2 amide bonds. The maximum Gasteiger partial charge on any atom is 0.244 e. The molecule has 0 bridgehead atoms. The number of hydrogen-bond donors (Lipinski definition) is 2. The molecule has 136 valence electrons. The van der Waals surface area contributed by atoms with Crippen molar-refractivity contribution < 1.29 is 14.3 Å². The van der Waals surface area contributed by atoms with Gasteiger partial charge in [-0.3, -0.25) is 9.59 Å². The van der Waals surface area contributed by atoms with Crippen LogP contribution in [0.3, 0.4) is 0 Å². The molecule has 1 atom stereocenters. The molecule has 0 aliphatic heterocycles. The second-order valence-electron chi connectivity index (χ2n) is 6.59. The van der Waals surface area contributed by atoms with Gasteiger partial charge >= 0.3 is 0 Å². The van der Waals surface area contributed by atoms with Gasteiger partial charge in [0.1, 0.15) is 11.8 Å². The van der Waals surface area contributed by atoms with Crippen molar-refractivity contribution in [3.63, 3.8) is 0 Å². The van der Waals surface area contributed by atoms with Gasteiger partial charge in [0.2, 0.25) is 11.8 Å². The number of hydrogen-bond acceptors (Lipinski definition) is 3. The summed E-state index contributed by atoms with van der Waals surface area (Å²) in [6.45, 7) is 2.41. The number of benzene rings is 1. The fourth-order valence-electron chi connectivity index (χ4n) is 3.00. The quantitative estimate of drug-likeness (QED) is 0.748. The number of ether oxygens (including phenoxy) is 1. The molecule has 1 saturated carbocycles. The van der Waals surface area contributed by atoms with Gasteiger partial charge in [-0.2, -0.15) is 0 Å². The number of amides is 2. The molecule has 0 radical (unpaired) electrons. The van der Waals surface area contributed by atoms with E-state index in [9.17, 15) is 9.59 Å². The summed E-state index contributed by atoms with van der Waals surface area (Å²) in [7, 11) is 1.61. The van der Waals surface area contributed by atoms with Gasteiger partial charge in [0, 0.05) is 12.6 Å². The van der Waals surface area contributed by atoms with Crippen LogP contribution in [-0.4, -0.2) is 31.5 Å². The first-order valence-corrected chi connectivity index (χ1v) is 8.99. The number of carbonyl (C=O) groups excluding carboxylic acids is 2. The largest absolute Gasteiger partial charge is 0.497 e. The molecule has 1 aliphatic carbocycles. The van der Waals surface area contributed by atoms with Crippen LogP contribution in [0.5, 0.6) is 5.75 Å². The highest BCUT2D eigenvalue weighted by molar-refractivity contribution is 5.95. The molecule has 0 saturated heterocycles. The van der Waals surface area contributed by atoms with E-state index >= 15 is 0 Å². The molecule has 5 heteroatoms. The van der Waals surface area contributed by atoms with Crippen LogP contribution in [0.25, 0.3) is 6.08 Å². The minimum absolute atomic E-state index is 0.128. The fraction of sp³-hybridized carbons (Fsp3) is 0.500. The smallest absolute Gasteiger partial charge is 0.244 e. The lowest BCUT2D eigenvalue weighted by Crippen LogP contribution is -2.45. The number of carbonyl (C=O) groups is 2. The molecule has 1 aromatic carbocycles. The van der Waals surface area contributed by atoms with Crippen molar-refractivity contribution in [2.75, 3.05) is 13.7 Å². The Hall–Kier alpha value is -2.30. The Morgan fingerprint density at radius 3 is 2.52 bits per heavy atom. The van der Waals surface area contributed by atoms with Crippen LogP contribution in [0.1, 0.15) is 44.6 Å². The van der Waals surface area contributed by atoms with E-state index in [0.717, 1.165) is 11.3 Å². The van der Waals surface area contributed by atoms with E-state index in [1.807, 2.05) is 24.3 Å². The van der Waals surface area contributed by atoms with E-state index in [4.69, 9.17) is 4.74 Å². The predicted octanol–water partition coefficient (Wildman–Crippen LogP) is 2.91. The van der Waals surface area contributed by atoms with Gasteiger partial charge in [0.25, 0.3) is 0 Å². The molecular weight excluding hydrogens is 316 g/mol. The SMILES string of the molecule is COc1ccc(/C=C/C(=O)NC(C)C(=O)NCC2CCCCC2)cc1. The first-order valence-electron chi connectivity index (χ1n) is 8.99. The maximum atomic E-state index is 12.1. The molecule has 1 aromatic rings. The Kier molecular flexibility index (Phi) is 7.51. The van der Waals surface area contributed by atoms with Crippen LogP contribution in [-0.2, 0) is 9.59 Å². The van der Waals surface area contributed by atoms with E-state index in [-0.39, 0.29) is 11.8 Å². The Labute approximate surface area is 149 Å². The summed E-state index contributed by atoms with van der Waals surface area (Å²) in [5, 5.41) is 5.65. The third-order valence-electron chi connectivity index (χ3n) is 4.58. The summed E-state index contributed by atoms with van der Waals surface area (Å²) in [5.41, 5.74) is 0.894. The molecule has 1 unspecified atom stereocenters. The Balaban J connectivity index is 1.74. The van der Waals surface area contributed by atoms with Gasteiger partial charge in [-0.1, -0.05) is 31.4 Å². The molecule has 25 heavy (non-hydrogen) atoms. The van der Waals surface area contributed by atoms with Crippen molar-refractivity contribution in [2.45, 2.75) is 45.1 Å². The summed E-state index contributed by atoms with van der Waals surface area (Å²) in [6, 6.07) is 6.85. The molecule has 2 rings (SSSR count). The van der Waals surface area contributed by atoms with Crippen LogP contribution in [0.15, 0.2) is 30.3 Å². The third-order valence-corrected chi connectivity index (χ3v) is 4.58. The van der Waals surface area contributed by atoms with E-state index in [1.54, 1.807) is 20.1 Å². The zero-order chi connectivity index (χ0) is 18.1. The van der Waals surface area contributed by atoms with Gasteiger partial charge in [-0.05, 0) is 49.5 Å². The van der Waals surface area contributed by atoms with Crippen LogP contribution < -0.4 is 15.4 Å². The van der Waals surface area contributed by atoms with Crippen molar-refractivity contribution >= 4 is 17.9 Å². The lowest BCUT2D eigenvalue weighted by atomic mass is 9.89. The van der Waals surface area contributed by atoms with Crippen LogP contribution in [0.4, 0.5) is 0 Å². The van der Waals surface area contributed by atoms with Crippen molar-refractivity contribution in [1.29, 1.82) is 0 Å². The van der Waals surface area contributed by atoms with Gasteiger partial charge in [-0.15, -0.1) is 0 Å². The topological polar surface area (TPSA) is 67.4 Å². The van der Waals surface area contributed by atoms with Crippen molar-refractivity contribution in [3.05, 3.63) is 35.9 Å². The molecule has 0 aromatic heterocycles. The van der Waals surface area contributed by atoms with Gasteiger partial charge < -0.3 is 15.4 Å². The zero-order valence-corrected chi connectivity index (χ0v) is 15.1. The van der Waals surface area contributed by atoms with E-state index in [0.29, 0.717) is 12.5 Å². The summed E-state index contributed by atoms with van der Waals surface area (Å²) < 4.78 is 5.09. The molecule has 2 N–H and O–H groups in total. The van der Waals surface area contributed by atoms with Crippen molar-refractivity contribution in [3.8, 4) is 5.75 Å². The minimum Gasteiger partial charge on any atom is -0.497 e. The predicted molar refractivity (Wildman–Crippen MR) is 99.2 cm³/mol. The standard InChI is InChI=1S/C20H28N2O3/c1-15(20(24)21-14-17-6-4-3-5-7-17)22-19(23)13-10-16-8-11-18(25-2)12-9-16/h8-13,15,17H,3-7,14H2,1-2H3,(H,21,24)(H,22,23)/b13-10+. The van der Waals surface area contributed by atoms with Crippen LogP contribution in [0.2, 0.25) is 0 Å². The molecule has 0 heterocycles. The highest BCUT2D eigenvalue weighted by Crippen LogP contribution is 2.22. The second-order valence-corrected chi connectivity index (χ2v) is 6.59. The maximum absolute atomic E-state index is 12.1. The summed E-state index contributed by atoms with van der Waals surface area (Å²) in [6.07, 6.45) is 9.33. The minimum atomic E-state index is -0.545. The fourth-order valence-corrected chi connectivity index (χ4v) is 3.00. The lowest BCUT2D eigenvalue weighted by molar-refractivity contribution is -0.126. The highest BCUT2D eigenvalue weighted by Gasteiger charge is 2.17. The highest BCUT2D eigenvalue weighted by atomic mass is 16.5. The van der Waals surface area contributed by atoms with Crippen LogP contribution >= 0.6 is 0 Å². The second kappa shape index (κ2) is 9.87. The normalized spacial score (nSPS) is 16.4. The van der Waals surface area contributed by atoms with E-state index < -0.39 is 6.04 Å². The lowest BCUT2D eigenvalue weighted by Gasteiger charge is -2.22. The van der Waals surface area contributed by atoms with E-state index in [1.165, 1.54) is 38.2 Å². The zero-order valence-electron chi connectivity index (χ0n) is 15.1. The van der Waals surface area contributed by atoms with Gasteiger partial charge in [-0.25, -0.2) is 0 Å². The number of methoxy groups -OCH3 is 1. The number of nitrogens with one attached hydrogen (secondary N) is 2. The van der Waals surface area contributed by atoms with Gasteiger partial charge in [0.15, 0.2) is 0 Å². The molecule has 1 aliphatic rings. The molecule has 0 spiro atoms. The average molecular weight is 344 g/mol. The Morgan fingerprint density at radius 1 is 1.20 bits per heavy atom. The summed E-state index contributed by atoms with van der Waals surface area (Å²) in [5.74, 6) is 0.938. The number of rotatable bonds is 7. The Bertz CT molecular complexity index is 589. The van der Waals surface area contributed by atoms with Crippen molar-refractivity contribution in [1.82, 2.24) is 10.6 Å². The molecule has 5 nitrogen and oxygen atoms in total. The summed E-state index contributed by atoms with van der Waals surface area (Å²) in [4.78, 5) is 24.1. The average Bonchev–Trinajstić information content (AvgIpc) is 2.65. The molecule has 1 fully saturated rings. The van der Waals surface area contributed by atoms with Crippen molar-refractivity contribution in [2.24, 2.45) is 5.92 Å². The monoisotopic (exact) mass is 344 g/mol. The van der Waals surface area contributed by atoms with Gasteiger partial charge in [0.05, 0.1) is 7.11 Å². The third kappa shape index (κ3) is 6.61. The summed E-state index contributed by atoms with van der Waals surface area (Å²) >= 11 is 0. The first kappa shape index (κ1) is 19.0.